The summed E-state index contributed by atoms with van der Waals surface area (Å²) >= 11 is 13.0. The molecule has 6 aromatic rings. The van der Waals surface area contributed by atoms with Gasteiger partial charge >= 0.3 is 0 Å². The van der Waals surface area contributed by atoms with Crippen molar-refractivity contribution in [1.82, 2.24) is 9.66 Å². The normalized spacial score (nSPS) is 11.4. The average Bonchev–Trinajstić information content (AvgIpc) is 3.45. The van der Waals surface area contributed by atoms with Crippen LogP contribution in [0.1, 0.15) is 11.1 Å². The molecule has 0 aliphatic heterocycles. The largest absolute Gasteiger partial charge is 0.496 e. The summed E-state index contributed by atoms with van der Waals surface area (Å²) in [5.41, 5.74) is 1.83. The van der Waals surface area contributed by atoms with E-state index in [9.17, 15) is 14.9 Å². The van der Waals surface area contributed by atoms with Gasteiger partial charge in [-0.15, -0.1) is 0 Å². The number of nitro benzene ring substituents is 1. The molecular weight excluding hydrogens is 595 g/mol. The number of halogens is 2. The predicted octanol–water partition coefficient (Wildman–Crippen LogP) is 7.49. The third-order valence-electron chi connectivity index (χ3n) is 6.59. The third-order valence-corrected chi connectivity index (χ3v) is 7.15. The topological polar surface area (TPSA) is 122 Å². The van der Waals surface area contributed by atoms with E-state index in [0.29, 0.717) is 39.1 Å². The fraction of sp³-hybridized carbons (Fsp3) is 0.0645. The maximum absolute atomic E-state index is 13.6. The lowest BCUT2D eigenvalue weighted by Crippen LogP contribution is -2.20. The van der Waals surface area contributed by atoms with Gasteiger partial charge in [-0.3, -0.25) is 14.9 Å². The molecule has 0 fully saturated rings. The van der Waals surface area contributed by atoms with Crippen molar-refractivity contribution in [2.24, 2.45) is 5.10 Å². The van der Waals surface area contributed by atoms with Crippen molar-refractivity contribution in [2.75, 3.05) is 7.11 Å². The van der Waals surface area contributed by atoms with Crippen LogP contribution in [0.3, 0.4) is 0 Å². The van der Waals surface area contributed by atoms with E-state index in [1.54, 1.807) is 73.8 Å². The Kier molecular flexibility index (Phi) is 7.54. The summed E-state index contributed by atoms with van der Waals surface area (Å²) in [7, 11) is 1.57. The molecule has 0 atom stereocenters. The monoisotopic (exact) mass is 614 g/mol. The molecule has 0 spiro atoms. The van der Waals surface area contributed by atoms with Gasteiger partial charge in [0.25, 0.3) is 11.2 Å². The Bertz CT molecular complexity index is 2080. The quantitative estimate of drug-likeness (QED) is 0.0988. The van der Waals surface area contributed by atoms with E-state index in [4.69, 9.17) is 42.1 Å². The van der Waals surface area contributed by atoms with Crippen molar-refractivity contribution in [1.29, 1.82) is 0 Å². The van der Waals surface area contributed by atoms with Crippen molar-refractivity contribution in [3.8, 4) is 23.1 Å². The minimum atomic E-state index is -0.475. The summed E-state index contributed by atoms with van der Waals surface area (Å²) in [4.78, 5) is 28.7. The van der Waals surface area contributed by atoms with Crippen LogP contribution in [0.4, 0.5) is 5.69 Å². The number of rotatable bonds is 8. The van der Waals surface area contributed by atoms with Gasteiger partial charge in [0, 0.05) is 12.1 Å². The minimum Gasteiger partial charge on any atom is -0.496 e. The van der Waals surface area contributed by atoms with Gasteiger partial charge in [0.1, 0.15) is 17.9 Å². The zero-order valence-electron chi connectivity index (χ0n) is 22.4. The Hall–Kier alpha value is -5.19. The molecule has 0 aliphatic carbocycles. The van der Waals surface area contributed by atoms with E-state index in [1.165, 1.54) is 18.3 Å². The van der Waals surface area contributed by atoms with Crippen molar-refractivity contribution in [3.63, 3.8) is 0 Å². The number of non-ortho nitro benzene ring substituents is 1. The molecule has 6 rings (SSSR count). The SMILES string of the molecule is COc1cccc2oc(-c3nc4ccccc4c(=O)n3N=Cc3cc(Cl)c(OCc4ccc([N+](=O)[O-])cc4)c(Cl)c3)cc12. The molecule has 0 saturated heterocycles. The lowest BCUT2D eigenvalue weighted by atomic mass is 10.2. The van der Waals surface area contributed by atoms with Gasteiger partial charge in [0.2, 0.25) is 5.82 Å². The Morgan fingerprint density at radius 2 is 1.74 bits per heavy atom. The Morgan fingerprint density at radius 1 is 1.00 bits per heavy atom. The standard InChI is InChI=1S/C31H20Cl2N4O6/c1-41-26-7-4-8-27-22(26)15-28(43-27)30-35-25-6-3-2-5-21(25)31(38)36(30)34-16-19-13-23(32)29(24(33)14-19)42-17-18-9-11-20(12-10-18)37(39)40/h2-16H,17H2,1H3. The van der Waals surface area contributed by atoms with Crippen LogP contribution < -0.4 is 15.0 Å². The molecule has 10 nitrogen and oxygen atoms in total. The van der Waals surface area contributed by atoms with Crippen LogP contribution in [0.25, 0.3) is 33.5 Å². The maximum Gasteiger partial charge on any atom is 0.282 e. The minimum absolute atomic E-state index is 0.0209. The van der Waals surface area contributed by atoms with Crippen LogP contribution >= 0.6 is 23.2 Å². The summed E-state index contributed by atoms with van der Waals surface area (Å²) in [6, 6.07) is 23.3. The first kappa shape index (κ1) is 28.0. The van der Waals surface area contributed by atoms with Gasteiger partial charge in [0.15, 0.2) is 11.5 Å². The highest BCUT2D eigenvalue weighted by atomic mass is 35.5. The van der Waals surface area contributed by atoms with Gasteiger partial charge in [-0.25, -0.2) is 4.98 Å². The first-order valence-electron chi connectivity index (χ1n) is 12.8. The number of methoxy groups -OCH3 is 1. The second-order valence-corrected chi connectivity index (χ2v) is 10.1. The van der Waals surface area contributed by atoms with E-state index < -0.39 is 10.5 Å². The molecule has 0 amide bonds. The number of hydrogen-bond acceptors (Lipinski definition) is 8. The number of fused-ring (bicyclic) bond motifs is 2. The highest BCUT2D eigenvalue weighted by Gasteiger charge is 2.18. The molecule has 43 heavy (non-hydrogen) atoms. The summed E-state index contributed by atoms with van der Waals surface area (Å²) in [6.07, 6.45) is 1.43. The number of aromatic nitrogens is 2. The van der Waals surface area contributed by atoms with Gasteiger partial charge in [-0.1, -0.05) is 41.4 Å². The Morgan fingerprint density at radius 3 is 2.47 bits per heavy atom. The van der Waals surface area contributed by atoms with Crippen LogP contribution in [0.15, 0.2) is 99.2 Å². The van der Waals surface area contributed by atoms with Crippen LogP contribution in [0.2, 0.25) is 10.0 Å². The molecule has 0 bridgehead atoms. The van der Waals surface area contributed by atoms with E-state index in [1.807, 2.05) is 6.07 Å². The zero-order chi connectivity index (χ0) is 30.1. The molecule has 2 aromatic heterocycles. The molecule has 214 valence electrons. The van der Waals surface area contributed by atoms with E-state index in [2.05, 4.69) is 5.10 Å². The van der Waals surface area contributed by atoms with Crippen LogP contribution in [0.5, 0.6) is 11.5 Å². The lowest BCUT2D eigenvalue weighted by Gasteiger charge is -2.11. The summed E-state index contributed by atoms with van der Waals surface area (Å²) < 4.78 is 18.5. The van der Waals surface area contributed by atoms with Crippen LogP contribution in [0, 0.1) is 10.1 Å². The third kappa shape index (κ3) is 5.53. The first-order chi connectivity index (χ1) is 20.8. The smallest absolute Gasteiger partial charge is 0.282 e. The predicted molar refractivity (Wildman–Crippen MR) is 165 cm³/mol. The van der Waals surface area contributed by atoms with Gasteiger partial charge in [-0.05, 0) is 65.7 Å². The van der Waals surface area contributed by atoms with Crippen LogP contribution in [-0.2, 0) is 6.61 Å². The highest BCUT2D eigenvalue weighted by Crippen LogP contribution is 2.35. The zero-order valence-corrected chi connectivity index (χ0v) is 23.9. The number of benzene rings is 4. The summed E-state index contributed by atoms with van der Waals surface area (Å²) in [5.74, 6) is 1.37. The van der Waals surface area contributed by atoms with Crippen LogP contribution in [-0.4, -0.2) is 27.9 Å². The summed E-state index contributed by atoms with van der Waals surface area (Å²) in [6.45, 7) is 0.0919. The molecule has 0 unspecified atom stereocenters. The molecule has 2 heterocycles. The number of nitrogens with zero attached hydrogens (tertiary/aromatic N) is 4. The molecule has 0 aliphatic rings. The number of ether oxygens (including phenoxy) is 2. The van der Waals surface area contributed by atoms with E-state index in [0.717, 1.165) is 10.1 Å². The highest BCUT2D eigenvalue weighted by molar-refractivity contribution is 6.37. The molecule has 12 heteroatoms. The van der Waals surface area contributed by atoms with Gasteiger partial charge in [0.05, 0.1) is 44.6 Å². The second-order valence-electron chi connectivity index (χ2n) is 9.32. The lowest BCUT2D eigenvalue weighted by molar-refractivity contribution is -0.384. The van der Waals surface area contributed by atoms with Crippen molar-refractivity contribution in [3.05, 3.63) is 127 Å². The van der Waals surface area contributed by atoms with Crippen molar-refractivity contribution in [2.45, 2.75) is 6.61 Å². The van der Waals surface area contributed by atoms with Crippen molar-refractivity contribution >= 4 is 57.0 Å². The second kappa shape index (κ2) is 11.6. The molecule has 0 N–H and O–H groups in total. The van der Waals surface area contributed by atoms with Crippen molar-refractivity contribution < 1.29 is 18.8 Å². The van der Waals surface area contributed by atoms with Gasteiger partial charge < -0.3 is 13.9 Å². The number of hydrogen-bond donors (Lipinski definition) is 0. The average molecular weight is 615 g/mol. The number of nitro groups is 1. The molecule has 0 radical (unpaired) electrons. The molecular formula is C31H20Cl2N4O6. The molecule has 4 aromatic carbocycles. The first-order valence-corrected chi connectivity index (χ1v) is 13.6. The fourth-order valence-corrected chi connectivity index (χ4v) is 5.11. The number of furan rings is 1. The fourth-order valence-electron chi connectivity index (χ4n) is 4.50. The molecule has 0 saturated carbocycles. The Labute approximate surface area is 253 Å². The summed E-state index contributed by atoms with van der Waals surface area (Å²) in [5, 5.41) is 16.9. The Balaban J connectivity index is 1.35. The number of para-hydroxylation sites is 1. The van der Waals surface area contributed by atoms with Gasteiger partial charge in [-0.2, -0.15) is 9.78 Å². The maximum atomic E-state index is 13.6. The van der Waals surface area contributed by atoms with E-state index >= 15 is 0 Å². The van der Waals surface area contributed by atoms with E-state index in [-0.39, 0.29) is 33.9 Å².